The van der Waals surface area contributed by atoms with Gasteiger partial charge in [-0.05, 0) is 48.2 Å². The smallest absolute Gasteiger partial charge is 0.119 e. The molecule has 0 aliphatic heterocycles. The minimum atomic E-state index is -0.473. The molecule has 0 radical (unpaired) electrons. The molecule has 0 spiro atoms. The molecular formula is C16H16Cl2O2. The maximum Gasteiger partial charge on any atom is 0.119 e. The first-order valence-corrected chi connectivity index (χ1v) is 7.09. The normalized spacial score (nSPS) is 12.2. The minimum absolute atomic E-state index is 0.473. The molecule has 0 saturated heterocycles. The Hall–Kier alpha value is -1.22. The fourth-order valence-electron chi connectivity index (χ4n) is 2.08. The Morgan fingerprint density at radius 2 is 1.70 bits per heavy atom. The third-order valence-electron chi connectivity index (χ3n) is 3.06. The van der Waals surface area contributed by atoms with Crippen LogP contribution < -0.4 is 4.74 Å². The Labute approximate surface area is 128 Å². The van der Waals surface area contributed by atoms with Gasteiger partial charge in [-0.1, -0.05) is 41.4 Å². The van der Waals surface area contributed by atoms with Gasteiger partial charge in [0, 0.05) is 0 Å². The molecule has 1 N–H and O–H groups in total. The molecule has 0 heterocycles. The summed E-state index contributed by atoms with van der Waals surface area (Å²) in [5, 5.41) is 11.2. The van der Waals surface area contributed by atoms with Gasteiger partial charge in [-0.25, -0.2) is 0 Å². The number of aliphatic hydroxyl groups is 1. The van der Waals surface area contributed by atoms with Gasteiger partial charge >= 0.3 is 0 Å². The Balaban J connectivity index is 2.00. The van der Waals surface area contributed by atoms with Crippen LogP contribution in [-0.4, -0.2) is 18.3 Å². The first-order chi connectivity index (χ1) is 9.58. The van der Waals surface area contributed by atoms with Crippen LogP contribution in [-0.2, 0) is 12.8 Å². The lowest BCUT2D eigenvalue weighted by atomic mass is 10.0. The van der Waals surface area contributed by atoms with E-state index in [-0.39, 0.29) is 0 Å². The molecule has 0 fully saturated rings. The van der Waals surface area contributed by atoms with E-state index in [2.05, 4.69) is 0 Å². The average molecular weight is 311 g/mol. The van der Waals surface area contributed by atoms with Gasteiger partial charge in [0.05, 0.1) is 23.3 Å². The molecule has 0 saturated carbocycles. The van der Waals surface area contributed by atoms with E-state index in [0.29, 0.717) is 22.9 Å². The standard InChI is InChI=1S/C16H16Cl2O2/c1-20-14-4-2-3-11(9-14)7-13(19)8-12-5-6-15(17)16(18)10-12/h2-6,9-10,13,19H,7-8H2,1H3. The number of aliphatic hydroxyl groups excluding tert-OH is 1. The van der Waals surface area contributed by atoms with Crippen molar-refractivity contribution in [1.82, 2.24) is 0 Å². The van der Waals surface area contributed by atoms with E-state index in [0.717, 1.165) is 16.9 Å². The monoisotopic (exact) mass is 310 g/mol. The summed E-state index contributed by atoms with van der Waals surface area (Å²) in [5.74, 6) is 0.796. The highest BCUT2D eigenvalue weighted by Gasteiger charge is 2.09. The maximum absolute atomic E-state index is 10.2. The summed E-state index contributed by atoms with van der Waals surface area (Å²) in [7, 11) is 1.63. The highest BCUT2D eigenvalue weighted by atomic mass is 35.5. The van der Waals surface area contributed by atoms with Crippen molar-refractivity contribution in [2.75, 3.05) is 7.11 Å². The lowest BCUT2D eigenvalue weighted by molar-refractivity contribution is 0.175. The number of hydrogen-bond donors (Lipinski definition) is 1. The van der Waals surface area contributed by atoms with Crippen LogP contribution in [0.2, 0.25) is 10.0 Å². The highest BCUT2D eigenvalue weighted by Crippen LogP contribution is 2.23. The predicted octanol–water partition coefficient (Wildman–Crippen LogP) is 4.15. The Bertz CT molecular complexity index is 584. The third-order valence-corrected chi connectivity index (χ3v) is 3.80. The first kappa shape index (κ1) is 15.2. The van der Waals surface area contributed by atoms with Gasteiger partial charge in [-0.15, -0.1) is 0 Å². The van der Waals surface area contributed by atoms with E-state index < -0.39 is 6.10 Å². The van der Waals surface area contributed by atoms with Crippen molar-refractivity contribution in [1.29, 1.82) is 0 Å². The maximum atomic E-state index is 10.2. The molecule has 2 nitrogen and oxygen atoms in total. The van der Waals surface area contributed by atoms with Crippen molar-refractivity contribution < 1.29 is 9.84 Å². The van der Waals surface area contributed by atoms with Crippen LogP contribution >= 0.6 is 23.2 Å². The Morgan fingerprint density at radius 1 is 1.00 bits per heavy atom. The number of hydrogen-bond acceptors (Lipinski definition) is 2. The van der Waals surface area contributed by atoms with E-state index in [1.165, 1.54) is 0 Å². The van der Waals surface area contributed by atoms with Crippen LogP contribution in [0.15, 0.2) is 42.5 Å². The van der Waals surface area contributed by atoms with Crippen molar-refractivity contribution in [3.63, 3.8) is 0 Å². The molecule has 0 aliphatic rings. The topological polar surface area (TPSA) is 29.5 Å². The molecule has 0 amide bonds. The molecule has 1 atom stereocenters. The zero-order valence-electron chi connectivity index (χ0n) is 11.1. The van der Waals surface area contributed by atoms with Crippen molar-refractivity contribution in [3.8, 4) is 5.75 Å². The summed E-state index contributed by atoms with van der Waals surface area (Å²) in [6.07, 6.45) is 0.630. The molecule has 1 unspecified atom stereocenters. The van der Waals surface area contributed by atoms with Crippen molar-refractivity contribution in [3.05, 3.63) is 63.6 Å². The van der Waals surface area contributed by atoms with Crippen molar-refractivity contribution in [2.45, 2.75) is 18.9 Å². The first-order valence-electron chi connectivity index (χ1n) is 6.33. The summed E-state index contributed by atoms with van der Waals surface area (Å²) in [4.78, 5) is 0. The summed E-state index contributed by atoms with van der Waals surface area (Å²) >= 11 is 11.8. The third kappa shape index (κ3) is 4.14. The number of ether oxygens (including phenoxy) is 1. The SMILES string of the molecule is COc1cccc(CC(O)Cc2ccc(Cl)c(Cl)c2)c1. The van der Waals surface area contributed by atoms with Gasteiger partial charge in [-0.2, -0.15) is 0 Å². The van der Waals surface area contributed by atoms with E-state index >= 15 is 0 Å². The van der Waals surface area contributed by atoms with Gasteiger partial charge in [0.25, 0.3) is 0 Å². The molecule has 0 aliphatic carbocycles. The van der Waals surface area contributed by atoms with Gasteiger partial charge in [0.15, 0.2) is 0 Å². The molecular weight excluding hydrogens is 295 g/mol. The second kappa shape index (κ2) is 6.98. The molecule has 4 heteroatoms. The summed E-state index contributed by atoms with van der Waals surface area (Å²) in [6, 6.07) is 13.1. The second-order valence-corrected chi connectivity index (χ2v) is 5.48. The van der Waals surface area contributed by atoms with Gasteiger partial charge < -0.3 is 9.84 Å². The number of rotatable bonds is 5. The van der Waals surface area contributed by atoms with Gasteiger partial charge in [-0.3, -0.25) is 0 Å². The minimum Gasteiger partial charge on any atom is -0.497 e. The number of halogens is 2. The molecule has 106 valence electrons. The quantitative estimate of drug-likeness (QED) is 0.899. The highest BCUT2D eigenvalue weighted by molar-refractivity contribution is 6.42. The van der Waals surface area contributed by atoms with Crippen LogP contribution in [0.3, 0.4) is 0 Å². The van der Waals surface area contributed by atoms with Gasteiger partial charge in [0.1, 0.15) is 5.75 Å². The zero-order chi connectivity index (χ0) is 14.5. The van der Waals surface area contributed by atoms with E-state index in [9.17, 15) is 5.11 Å². The van der Waals surface area contributed by atoms with Crippen molar-refractivity contribution in [2.24, 2.45) is 0 Å². The van der Waals surface area contributed by atoms with Crippen LogP contribution in [0.25, 0.3) is 0 Å². The largest absolute Gasteiger partial charge is 0.497 e. The van der Waals surface area contributed by atoms with Crippen LogP contribution in [0.4, 0.5) is 0 Å². The second-order valence-electron chi connectivity index (χ2n) is 4.66. The van der Waals surface area contributed by atoms with Crippen LogP contribution in [0.1, 0.15) is 11.1 Å². The lowest BCUT2D eigenvalue weighted by Gasteiger charge is -2.12. The molecule has 2 aromatic rings. The lowest BCUT2D eigenvalue weighted by Crippen LogP contribution is -2.14. The zero-order valence-corrected chi connectivity index (χ0v) is 12.7. The summed E-state index contributed by atoms with van der Waals surface area (Å²) in [6.45, 7) is 0. The fraction of sp³-hybridized carbons (Fsp3) is 0.250. The van der Waals surface area contributed by atoms with Crippen molar-refractivity contribution >= 4 is 23.2 Å². The number of methoxy groups -OCH3 is 1. The Kier molecular flexibility index (Phi) is 5.30. The predicted molar refractivity (Wildman–Crippen MR) is 82.9 cm³/mol. The van der Waals surface area contributed by atoms with E-state index in [4.69, 9.17) is 27.9 Å². The molecule has 2 rings (SSSR count). The molecule has 0 bridgehead atoms. The van der Waals surface area contributed by atoms with E-state index in [1.807, 2.05) is 30.3 Å². The molecule has 0 aromatic heterocycles. The molecule has 20 heavy (non-hydrogen) atoms. The van der Waals surface area contributed by atoms with Gasteiger partial charge in [0.2, 0.25) is 0 Å². The number of benzene rings is 2. The summed E-state index contributed by atoms with van der Waals surface area (Å²) < 4.78 is 5.17. The average Bonchev–Trinajstić information content (AvgIpc) is 2.43. The van der Waals surface area contributed by atoms with Crippen LogP contribution in [0, 0.1) is 0 Å². The molecule has 2 aromatic carbocycles. The van der Waals surface area contributed by atoms with Crippen LogP contribution in [0.5, 0.6) is 5.75 Å². The fourth-order valence-corrected chi connectivity index (χ4v) is 2.40. The summed E-state index contributed by atoms with van der Waals surface area (Å²) in [5.41, 5.74) is 2.01. The van der Waals surface area contributed by atoms with E-state index in [1.54, 1.807) is 19.2 Å². The Morgan fingerprint density at radius 3 is 2.35 bits per heavy atom.